The Labute approximate surface area is 129 Å². The van der Waals surface area contributed by atoms with E-state index in [1.807, 2.05) is 0 Å². The Morgan fingerprint density at radius 2 is 1.81 bits per heavy atom. The minimum Gasteiger partial charge on any atom is -0.397 e. The number of halogens is 2. The van der Waals surface area contributed by atoms with Gasteiger partial charge in [0.25, 0.3) is 0 Å². The Morgan fingerprint density at radius 3 is 2.52 bits per heavy atom. The molecule has 5 nitrogen and oxygen atoms in total. The fourth-order valence-electron chi connectivity index (χ4n) is 2.35. The lowest BCUT2D eigenvalue weighted by atomic mass is 9.89. The van der Waals surface area contributed by atoms with Crippen molar-refractivity contribution >= 4 is 39.3 Å². The highest BCUT2D eigenvalue weighted by Crippen LogP contribution is 2.40. The monoisotopic (exact) mass is 349 g/mol. The normalized spacial score (nSPS) is 20.0. The van der Waals surface area contributed by atoms with E-state index in [-0.39, 0.29) is 5.56 Å². The highest BCUT2D eigenvalue weighted by Gasteiger charge is 2.36. The van der Waals surface area contributed by atoms with Gasteiger partial charge in [-0.05, 0) is 24.3 Å². The molecule has 0 amide bonds. The average molecular weight is 350 g/mol. The van der Waals surface area contributed by atoms with Crippen molar-refractivity contribution < 1.29 is 4.39 Å². The molecular weight excluding hydrogens is 337 g/mol. The Morgan fingerprint density at radius 1 is 1.10 bits per heavy atom. The first-order chi connectivity index (χ1) is 9.91. The summed E-state index contributed by atoms with van der Waals surface area (Å²) in [5.74, 6) is -0.452. The summed E-state index contributed by atoms with van der Waals surface area (Å²) in [4.78, 5) is 4.22. The molecule has 1 aliphatic rings. The molecule has 0 aliphatic carbocycles. The van der Waals surface area contributed by atoms with Gasteiger partial charge in [0, 0.05) is 21.3 Å². The first-order valence-electron chi connectivity index (χ1n) is 6.16. The number of anilines is 3. The van der Waals surface area contributed by atoms with E-state index in [9.17, 15) is 4.39 Å². The Kier molecular flexibility index (Phi) is 3.11. The van der Waals surface area contributed by atoms with Gasteiger partial charge in [-0.25, -0.2) is 9.38 Å². The number of benzene rings is 2. The molecule has 0 saturated carbocycles. The second kappa shape index (κ2) is 4.71. The molecule has 1 heterocycles. The molecule has 7 N–H and O–H groups in total. The molecule has 1 atom stereocenters. The van der Waals surface area contributed by atoms with Gasteiger partial charge in [0.05, 0.1) is 17.7 Å². The fourth-order valence-corrected chi connectivity index (χ4v) is 2.69. The quantitative estimate of drug-likeness (QED) is 0.593. The molecule has 1 aliphatic heterocycles. The lowest BCUT2D eigenvalue weighted by Crippen LogP contribution is -2.40. The van der Waals surface area contributed by atoms with Gasteiger partial charge in [-0.3, -0.25) is 5.73 Å². The molecule has 0 fully saturated rings. The van der Waals surface area contributed by atoms with Crippen molar-refractivity contribution in [3.63, 3.8) is 0 Å². The third kappa shape index (κ3) is 2.14. The summed E-state index contributed by atoms with van der Waals surface area (Å²) in [6.45, 7) is 0. The fraction of sp³-hybridized carbons (Fsp3) is 0.0714. The van der Waals surface area contributed by atoms with Crippen LogP contribution in [0.4, 0.5) is 21.5 Å². The summed E-state index contributed by atoms with van der Waals surface area (Å²) in [5.41, 5.74) is 18.9. The van der Waals surface area contributed by atoms with E-state index >= 15 is 0 Å². The van der Waals surface area contributed by atoms with E-state index in [4.69, 9.17) is 17.2 Å². The lowest BCUT2D eigenvalue weighted by Gasteiger charge is -2.32. The van der Waals surface area contributed by atoms with Crippen molar-refractivity contribution in [3.8, 4) is 0 Å². The molecule has 0 spiro atoms. The van der Waals surface area contributed by atoms with Crippen LogP contribution in [0.15, 0.2) is 39.8 Å². The number of hydrogen-bond acceptors (Lipinski definition) is 5. The van der Waals surface area contributed by atoms with Crippen molar-refractivity contribution in [2.75, 3.05) is 16.8 Å². The van der Waals surface area contributed by atoms with Gasteiger partial charge in [-0.2, -0.15) is 0 Å². The minimum atomic E-state index is -1.35. The second-order valence-electron chi connectivity index (χ2n) is 4.82. The van der Waals surface area contributed by atoms with Crippen molar-refractivity contribution in [2.24, 2.45) is 10.7 Å². The molecule has 7 heteroatoms. The number of rotatable bonds is 1. The van der Waals surface area contributed by atoms with Crippen LogP contribution in [0.2, 0.25) is 0 Å². The number of nitrogens with one attached hydrogen (secondary N) is 1. The molecule has 0 saturated heterocycles. The lowest BCUT2D eigenvalue weighted by molar-refractivity contribution is 0.513. The third-order valence-corrected chi connectivity index (χ3v) is 3.96. The van der Waals surface area contributed by atoms with E-state index in [1.165, 1.54) is 12.4 Å². The Hall–Kier alpha value is -2.12. The molecule has 0 aromatic heterocycles. The summed E-state index contributed by atoms with van der Waals surface area (Å²) in [5, 5.41) is 2.95. The molecule has 2 aromatic rings. The van der Waals surface area contributed by atoms with Gasteiger partial charge in [0.15, 0.2) is 5.66 Å². The van der Waals surface area contributed by atoms with Gasteiger partial charge in [-0.1, -0.05) is 22.0 Å². The van der Waals surface area contributed by atoms with Crippen LogP contribution in [0.5, 0.6) is 0 Å². The molecule has 21 heavy (non-hydrogen) atoms. The predicted octanol–water partition coefficient (Wildman–Crippen LogP) is 2.37. The summed E-state index contributed by atoms with van der Waals surface area (Å²) >= 11 is 3.22. The van der Waals surface area contributed by atoms with Crippen LogP contribution in [0.1, 0.15) is 11.1 Å². The zero-order valence-corrected chi connectivity index (χ0v) is 12.5. The average Bonchev–Trinajstić information content (AvgIpc) is 2.41. The zero-order chi connectivity index (χ0) is 15.2. The van der Waals surface area contributed by atoms with Crippen molar-refractivity contribution in [2.45, 2.75) is 5.66 Å². The van der Waals surface area contributed by atoms with Gasteiger partial charge in [0.2, 0.25) is 0 Å². The van der Waals surface area contributed by atoms with Crippen LogP contribution in [0.25, 0.3) is 0 Å². The molecule has 0 radical (unpaired) electrons. The SMILES string of the molecule is Nc1cc2c(cc1N)C(N)(c1ccc(Br)cc1F)N=CN2. The number of hydrogen-bond donors (Lipinski definition) is 4. The second-order valence-corrected chi connectivity index (χ2v) is 5.74. The van der Waals surface area contributed by atoms with E-state index in [0.29, 0.717) is 27.1 Å². The highest BCUT2D eigenvalue weighted by molar-refractivity contribution is 9.10. The van der Waals surface area contributed by atoms with Crippen LogP contribution in [0, 0.1) is 5.82 Å². The van der Waals surface area contributed by atoms with Crippen LogP contribution in [-0.4, -0.2) is 6.34 Å². The predicted molar refractivity (Wildman–Crippen MR) is 86.4 cm³/mol. The number of fused-ring (bicyclic) bond motifs is 1. The van der Waals surface area contributed by atoms with E-state index < -0.39 is 11.5 Å². The van der Waals surface area contributed by atoms with E-state index in [2.05, 4.69) is 26.2 Å². The summed E-state index contributed by atoms with van der Waals surface area (Å²) in [7, 11) is 0. The van der Waals surface area contributed by atoms with Gasteiger partial charge in [0.1, 0.15) is 5.82 Å². The summed E-state index contributed by atoms with van der Waals surface area (Å²) in [6, 6.07) is 7.94. The smallest absolute Gasteiger partial charge is 0.166 e. The molecule has 1 unspecified atom stereocenters. The standard InChI is InChI=1S/C14H13BrFN5/c15-7-1-2-8(10(16)3-7)14(19)9-4-11(17)12(18)5-13(9)20-6-21-14/h1-6H,17-19H2,(H,20,21). The topological polar surface area (TPSA) is 102 Å². The van der Waals surface area contributed by atoms with Crippen LogP contribution in [-0.2, 0) is 5.66 Å². The molecule has 3 rings (SSSR count). The first-order valence-corrected chi connectivity index (χ1v) is 6.95. The van der Waals surface area contributed by atoms with E-state index in [1.54, 1.807) is 24.3 Å². The Bertz CT molecular complexity index is 761. The Balaban J connectivity index is 2.25. The number of nitrogens with zero attached hydrogens (tertiary/aromatic N) is 1. The summed E-state index contributed by atoms with van der Waals surface area (Å²) in [6.07, 6.45) is 1.43. The van der Waals surface area contributed by atoms with Gasteiger partial charge >= 0.3 is 0 Å². The number of nitrogens with two attached hydrogens (primary N) is 3. The molecule has 0 bridgehead atoms. The highest BCUT2D eigenvalue weighted by atomic mass is 79.9. The van der Waals surface area contributed by atoms with Crippen molar-refractivity contribution in [1.29, 1.82) is 0 Å². The molecular formula is C14H13BrFN5. The maximum Gasteiger partial charge on any atom is 0.166 e. The van der Waals surface area contributed by atoms with E-state index in [0.717, 1.165) is 0 Å². The van der Waals surface area contributed by atoms with Crippen LogP contribution in [0.3, 0.4) is 0 Å². The maximum absolute atomic E-state index is 14.3. The van der Waals surface area contributed by atoms with Crippen molar-refractivity contribution in [1.82, 2.24) is 0 Å². The minimum absolute atomic E-state index is 0.258. The molecule has 2 aromatic carbocycles. The number of aliphatic imine (C=N–C) groups is 1. The third-order valence-electron chi connectivity index (χ3n) is 3.46. The first kappa shape index (κ1) is 13.8. The zero-order valence-electron chi connectivity index (χ0n) is 10.9. The molecule has 108 valence electrons. The van der Waals surface area contributed by atoms with Crippen molar-refractivity contribution in [3.05, 3.63) is 51.7 Å². The maximum atomic E-state index is 14.3. The summed E-state index contributed by atoms with van der Waals surface area (Å²) < 4.78 is 14.9. The van der Waals surface area contributed by atoms with Gasteiger partial charge < -0.3 is 16.8 Å². The largest absolute Gasteiger partial charge is 0.397 e. The van der Waals surface area contributed by atoms with Crippen LogP contribution < -0.4 is 22.5 Å². The van der Waals surface area contributed by atoms with Crippen LogP contribution >= 0.6 is 15.9 Å². The van der Waals surface area contributed by atoms with Gasteiger partial charge in [-0.15, -0.1) is 0 Å². The number of nitrogen functional groups attached to an aromatic ring is 2.